The maximum atomic E-state index is 5.94. The number of hydrogen-bond acceptors (Lipinski definition) is 4. The number of benzene rings is 2. The number of ether oxygens (including phenoxy) is 2. The molecule has 0 atom stereocenters. The highest BCUT2D eigenvalue weighted by molar-refractivity contribution is 5.77. The molecule has 0 heterocycles. The largest absolute Gasteiger partial charge is 0.497 e. The lowest BCUT2D eigenvalue weighted by atomic mass is 10.1. The molecule has 0 aliphatic heterocycles. The van der Waals surface area contributed by atoms with Crippen LogP contribution in [0, 0.1) is 6.92 Å². The number of anilines is 3. The van der Waals surface area contributed by atoms with Crippen LogP contribution < -0.4 is 20.5 Å². The van der Waals surface area contributed by atoms with E-state index in [9.17, 15) is 0 Å². The molecule has 2 aromatic rings. The van der Waals surface area contributed by atoms with E-state index in [-0.39, 0.29) is 0 Å². The standard InChI is InChI=1S/C15H18N2O2/c1-10-8-11(18-2)9-14(19-3)15(10)17-13-7-5-4-6-12(13)16/h4-9,17H,16H2,1-3H3. The molecule has 0 fully saturated rings. The minimum Gasteiger partial charge on any atom is -0.497 e. The van der Waals surface area contributed by atoms with E-state index in [1.54, 1.807) is 14.2 Å². The van der Waals surface area contributed by atoms with Crippen LogP contribution in [0.4, 0.5) is 17.1 Å². The van der Waals surface area contributed by atoms with Crippen molar-refractivity contribution in [3.05, 3.63) is 42.0 Å². The van der Waals surface area contributed by atoms with Crippen LogP contribution in [0.1, 0.15) is 5.56 Å². The van der Waals surface area contributed by atoms with Crippen molar-refractivity contribution in [3.8, 4) is 11.5 Å². The van der Waals surface area contributed by atoms with Gasteiger partial charge in [0.2, 0.25) is 0 Å². The Labute approximate surface area is 113 Å². The third kappa shape index (κ3) is 2.73. The third-order valence-corrected chi connectivity index (χ3v) is 2.95. The number of rotatable bonds is 4. The van der Waals surface area contributed by atoms with Crippen molar-refractivity contribution in [1.82, 2.24) is 0 Å². The summed E-state index contributed by atoms with van der Waals surface area (Å²) in [5.41, 5.74) is 9.41. The first-order valence-electron chi connectivity index (χ1n) is 6.00. The van der Waals surface area contributed by atoms with E-state index in [1.165, 1.54) is 0 Å². The molecule has 19 heavy (non-hydrogen) atoms. The van der Waals surface area contributed by atoms with Gasteiger partial charge in [0.25, 0.3) is 0 Å². The zero-order valence-electron chi connectivity index (χ0n) is 11.4. The van der Waals surface area contributed by atoms with Crippen molar-refractivity contribution in [2.24, 2.45) is 0 Å². The van der Waals surface area contributed by atoms with Crippen LogP contribution in [-0.4, -0.2) is 14.2 Å². The quantitative estimate of drug-likeness (QED) is 0.826. The molecule has 2 aromatic carbocycles. The lowest BCUT2D eigenvalue weighted by Gasteiger charge is -2.16. The van der Waals surface area contributed by atoms with Gasteiger partial charge in [-0.05, 0) is 30.7 Å². The molecule has 0 aliphatic rings. The molecule has 0 bridgehead atoms. The van der Waals surface area contributed by atoms with Crippen molar-refractivity contribution in [3.63, 3.8) is 0 Å². The zero-order valence-corrected chi connectivity index (χ0v) is 11.4. The first kappa shape index (κ1) is 13.1. The summed E-state index contributed by atoms with van der Waals surface area (Å²) in [4.78, 5) is 0. The third-order valence-electron chi connectivity index (χ3n) is 2.95. The van der Waals surface area contributed by atoms with Crippen molar-refractivity contribution >= 4 is 17.1 Å². The summed E-state index contributed by atoms with van der Waals surface area (Å²) in [6.07, 6.45) is 0. The van der Waals surface area contributed by atoms with Gasteiger partial charge in [0.15, 0.2) is 0 Å². The molecule has 2 rings (SSSR count). The number of aryl methyl sites for hydroxylation is 1. The maximum Gasteiger partial charge on any atom is 0.146 e. The summed E-state index contributed by atoms with van der Waals surface area (Å²) in [7, 11) is 3.27. The Kier molecular flexibility index (Phi) is 3.80. The predicted octanol–water partition coefficient (Wildman–Crippen LogP) is 3.34. The fourth-order valence-electron chi connectivity index (χ4n) is 1.91. The Hall–Kier alpha value is -2.36. The molecule has 0 unspecified atom stereocenters. The zero-order chi connectivity index (χ0) is 13.8. The van der Waals surface area contributed by atoms with Gasteiger partial charge in [-0.15, -0.1) is 0 Å². The van der Waals surface area contributed by atoms with E-state index in [2.05, 4.69) is 5.32 Å². The molecule has 4 heteroatoms. The Morgan fingerprint density at radius 3 is 2.42 bits per heavy atom. The molecule has 100 valence electrons. The minimum absolute atomic E-state index is 0.694. The summed E-state index contributed by atoms with van der Waals surface area (Å²) in [6, 6.07) is 11.4. The summed E-state index contributed by atoms with van der Waals surface area (Å²) in [5, 5.41) is 3.31. The van der Waals surface area contributed by atoms with E-state index in [0.717, 1.165) is 28.4 Å². The van der Waals surface area contributed by atoms with Crippen LogP contribution in [-0.2, 0) is 0 Å². The molecule has 3 N–H and O–H groups in total. The lowest BCUT2D eigenvalue weighted by molar-refractivity contribution is 0.395. The summed E-state index contributed by atoms with van der Waals surface area (Å²) >= 11 is 0. The molecule has 0 aromatic heterocycles. The van der Waals surface area contributed by atoms with E-state index >= 15 is 0 Å². The minimum atomic E-state index is 0.694. The molecule has 4 nitrogen and oxygen atoms in total. The molecule has 0 amide bonds. The van der Waals surface area contributed by atoms with Gasteiger partial charge in [-0.2, -0.15) is 0 Å². The number of nitrogens with two attached hydrogens (primary N) is 1. The molecule has 0 radical (unpaired) electrons. The highest BCUT2D eigenvalue weighted by Gasteiger charge is 2.10. The van der Waals surface area contributed by atoms with Crippen LogP contribution in [0.5, 0.6) is 11.5 Å². The fraction of sp³-hybridized carbons (Fsp3) is 0.200. The normalized spacial score (nSPS) is 10.1. The van der Waals surface area contributed by atoms with Gasteiger partial charge in [-0.25, -0.2) is 0 Å². The predicted molar refractivity (Wildman–Crippen MR) is 78.4 cm³/mol. The van der Waals surface area contributed by atoms with E-state index in [4.69, 9.17) is 15.2 Å². The molecule has 0 aliphatic carbocycles. The average molecular weight is 258 g/mol. The highest BCUT2D eigenvalue weighted by Crippen LogP contribution is 2.36. The van der Waals surface area contributed by atoms with Crippen molar-refractivity contribution in [2.75, 3.05) is 25.3 Å². The van der Waals surface area contributed by atoms with Gasteiger partial charge in [0.1, 0.15) is 11.5 Å². The van der Waals surface area contributed by atoms with Crippen LogP contribution in [0.3, 0.4) is 0 Å². The van der Waals surface area contributed by atoms with Crippen molar-refractivity contribution < 1.29 is 9.47 Å². The molecule has 0 spiro atoms. The van der Waals surface area contributed by atoms with Gasteiger partial charge in [-0.3, -0.25) is 0 Å². The Morgan fingerprint density at radius 2 is 1.79 bits per heavy atom. The Morgan fingerprint density at radius 1 is 1.05 bits per heavy atom. The topological polar surface area (TPSA) is 56.5 Å². The SMILES string of the molecule is COc1cc(C)c(Nc2ccccc2N)c(OC)c1. The summed E-state index contributed by atoms with van der Waals surface area (Å²) < 4.78 is 10.6. The second-order valence-electron chi connectivity index (χ2n) is 4.23. The van der Waals surface area contributed by atoms with Gasteiger partial charge in [-0.1, -0.05) is 12.1 Å². The van der Waals surface area contributed by atoms with Crippen LogP contribution in [0.25, 0.3) is 0 Å². The van der Waals surface area contributed by atoms with Crippen LogP contribution >= 0.6 is 0 Å². The second kappa shape index (κ2) is 5.52. The first-order valence-corrected chi connectivity index (χ1v) is 6.00. The molecular formula is C15H18N2O2. The lowest BCUT2D eigenvalue weighted by Crippen LogP contribution is -2.00. The number of hydrogen-bond donors (Lipinski definition) is 2. The monoisotopic (exact) mass is 258 g/mol. The maximum absolute atomic E-state index is 5.94. The van der Waals surface area contributed by atoms with Crippen molar-refractivity contribution in [1.29, 1.82) is 0 Å². The van der Waals surface area contributed by atoms with Gasteiger partial charge < -0.3 is 20.5 Å². The molecule has 0 saturated carbocycles. The first-order chi connectivity index (χ1) is 9.15. The van der Waals surface area contributed by atoms with E-state index in [1.807, 2.05) is 43.3 Å². The van der Waals surface area contributed by atoms with Gasteiger partial charge in [0, 0.05) is 6.07 Å². The Bertz CT molecular complexity index is 582. The number of para-hydroxylation sites is 2. The Balaban J connectivity index is 2.42. The van der Waals surface area contributed by atoms with Crippen molar-refractivity contribution in [2.45, 2.75) is 6.92 Å². The summed E-state index contributed by atoms with van der Waals surface area (Å²) in [5.74, 6) is 1.49. The number of methoxy groups -OCH3 is 2. The van der Waals surface area contributed by atoms with E-state index < -0.39 is 0 Å². The molecule has 0 saturated heterocycles. The summed E-state index contributed by atoms with van der Waals surface area (Å²) in [6.45, 7) is 1.99. The highest BCUT2D eigenvalue weighted by atomic mass is 16.5. The van der Waals surface area contributed by atoms with Crippen LogP contribution in [0.2, 0.25) is 0 Å². The van der Waals surface area contributed by atoms with Gasteiger partial charge >= 0.3 is 0 Å². The second-order valence-corrected chi connectivity index (χ2v) is 4.23. The average Bonchev–Trinajstić information content (AvgIpc) is 2.42. The van der Waals surface area contributed by atoms with Gasteiger partial charge in [0.05, 0.1) is 31.3 Å². The number of nitrogens with one attached hydrogen (secondary N) is 1. The molecular weight excluding hydrogens is 240 g/mol. The van der Waals surface area contributed by atoms with E-state index in [0.29, 0.717) is 5.69 Å². The smallest absolute Gasteiger partial charge is 0.146 e. The number of nitrogen functional groups attached to an aromatic ring is 1. The fourth-order valence-corrected chi connectivity index (χ4v) is 1.91. The van der Waals surface area contributed by atoms with Crippen LogP contribution in [0.15, 0.2) is 36.4 Å².